The summed E-state index contributed by atoms with van der Waals surface area (Å²) in [6.07, 6.45) is 0. The summed E-state index contributed by atoms with van der Waals surface area (Å²) in [6.45, 7) is 0. The Morgan fingerprint density at radius 2 is 0.893 bits per heavy atom. The molecule has 0 unspecified atom stereocenters. The number of fused-ring (bicyclic) bond motifs is 8. The molecule has 0 saturated carbocycles. The molecule has 10 aromatic carbocycles. The second-order valence-electron chi connectivity index (χ2n) is 14.5. The number of rotatable bonds is 6. The van der Waals surface area contributed by atoms with Crippen molar-refractivity contribution in [2.75, 3.05) is 4.90 Å². The van der Waals surface area contributed by atoms with Gasteiger partial charge in [-0.2, -0.15) is 0 Å². The lowest BCUT2D eigenvalue weighted by Gasteiger charge is -2.28. The van der Waals surface area contributed by atoms with E-state index < -0.39 is 0 Å². The highest BCUT2D eigenvalue weighted by Crippen LogP contribution is 2.44. The minimum absolute atomic E-state index is 1.10. The third-order valence-corrected chi connectivity index (χ3v) is 11.4. The van der Waals surface area contributed by atoms with Crippen molar-refractivity contribution in [1.82, 2.24) is 4.57 Å². The number of anilines is 3. The Kier molecular flexibility index (Phi) is 7.53. The molecule has 0 aliphatic carbocycles. The summed E-state index contributed by atoms with van der Waals surface area (Å²) < 4.78 is 2.38. The molecule has 0 N–H and O–H groups in total. The lowest BCUT2D eigenvalue weighted by atomic mass is 9.94. The Labute approximate surface area is 325 Å². The predicted octanol–water partition coefficient (Wildman–Crippen LogP) is 15.0. The molecule has 0 aliphatic rings. The van der Waals surface area contributed by atoms with Gasteiger partial charge in [-0.25, -0.2) is 0 Å². The first-order chi connectivity index (χ1) is 27.8. The van der Waals surface area contributed by atoms with E-state index in [1.807, 2.05) is 0 Å². The molecular formula is C54H36N2. The molecule has 0 aliphatic heterocycles. The van der Waals surface area contributed by atoms with Gasteiger partial charge in [0.05, 0.1) is 16.7 Å². The van der Waals surface area contributed by atoms with Crippen LogP contribution in [-0.2, 0) is 0 Å². The monoisotopic (exact) mass is 712 g/mol. The van der Waals surface area contributed by atoms with E-state index in [1.165, 1.54) is 76.4 Å². The topological polar surface area (TPSA) is 8.17 Å². The molecule has 0 amide bonds. The summed E-state index contributed by atoms with van der Waals surface area (Å²) in [5, 5.41) is 10.1. The molecule has 0 spiro atoms. The van der Waals surface area contributed by atoms with E-state index in [0.29, 0.717) is 0 Å². The highest BCUT2D eigenvalue weighted by molar-refractivity contribution is 6.17. The Morgan fingerprint density at radius 1 is 0.304 bits per heavy atom. The Morgan fingerprint density at radius 3 is 1.71 bits per heavy atom. The van der Waals surface area contributed by atoms with Crippen molar-refractivity contribution >= 4 is 71.2 Å². The third-order valence-electron chi connectivity index (χ3n) is 11.4. The Bertz CT molecular complexity index is 3230. The fourth-order valence-corrected chi connectivity index (χ4v) is 8.72. The van der Waals surface area contributed by atoms with Gasteiger partial charge in [0.2, 0.25) is 0 Å². The van der Waals surface area contributed by atoms with Gasteiger partial charge < -0.3 is 9.47 Å². The first kappa shape index (κ1) is 32.0. The van der Waals surface area contributed by atoms with Crippen molar-refractivity contribution in [3.63, 3.8) is 0 Å². The number of para-hydroxylation sites is 3. The van der Waals surface area contributed by atoms with Gasteiger partial charge in [-0.3, -0.25) is 0 Å². The molecule has 11 aromatic rings. The highest BCUT2D eigenvalue weighted by atomic mass is 15.1. The normalized spacial score (nSPS) is 11.6. The molecule has 11 rings (SSSR count). The highest BCUT2D eigenvalue weighted by Gasteiger charge is 2.20. The van der Waals surface area contributed by atoms with Crippen molar-refractivity contribution in [3.05, 3.63) is 218 Å². The average Bonchev–Trinajstić information content (AvgIpc) is 3.61. The molecule has 2 nitrogen and oxygen atoms in total. The fourth-order valence-electron chi connectivity index (χ4n) is 8.72. The molecule has 0 saturated heterocycles. The van der Waals surface area contributed by atoms with Crippen molar-refractivity contribution < 1.29 is 0 Å². The van der Waals surface area contributed by atoms with Gasteiger partial charge in [-0.1, -0.05) is 158 Å². The molecule has 0 bridgehead atoms. The lowest BCUT2D eigenvalue weighted by molar-refractivity contribution is 1.18. The molecule has 2 heteroatoms. The maximum atomic E-state index is 2.41. The fraction of sp³-hybridized carbons (Fsp3) is 0. The molecule has 56 heavy (non-hydrogen) atoms. The largest absolute Gasteiger partial charge is 0.310 e. The Hall–Kier alpha value is -7.42. The molecule has 1 aromatic heterocycles. The van der Waals surface area contributed by atoms with E-state index in [0.717, 1.165) is 22.7 Å². The summed E-state index contributed by atoms with van der Waals surface area (Å²) in [5.41, 5.74) is 11.6. The molecule has 1 heterocycles. The Balaban J connectivity index is 1.05. The van der Waals surface area contributed by atoms with Crippen molar-refractivity contribution in [1.29, 1.82) is 0 Å². The number of nitrogens with zero attached hydrogens (tertiary/aromatic N) is 2. The van der Waals surface area contributed by atoms with Gasteiger partial charge in [0.15, 0.2) is 0 Å². The zero-order valence-corrected chi connectivity index (χ0v) is 30.7. The van der Waals surface area contributed by atoms with Gasteiger partial charge in [0, 0.05) is 33.4 Å². The average molecular weight is 713 g/mol. The first-order valence-electron chi connectivity index (χ1n) is 19.3. The van der Waals surface area contributed by atoms with Gasteiger partial charge >= 0.3 is 0 Å². The number of hydrogen-bond donors (Lipinski definition) is 0. The van der Waals surface area contributed by atoms with E-state index >= 15 is 0 Å². The van der Waals surface area contributed by atoms with E-state index in [4.69, 9.17) is 0 Å². The lowest BCUT2D eigenvalue weighted by Crippen LogP contribution is -2.11. The quantitative estimate of drug-likeness (QED) is 0.156. The van der Waals surface area contributed by atoms with Crippen molar-refractivity contribution in [2.24, 2.45) is 0 Å². The van der Waals surface area contributed by atoms with E-state index in [9.17, 15) is 0 Å². The zero-order chi connectivity index (χ0) is 37.0. The van der Waals surface area contributed by atoms with Crippen molar-refractivity contribution in [2.45, 2.75) is 0 Å². The van der Waals surface area contributed by atoms with Crippen molar-refractivity contribution in [3.8, 4) is 27.9 Å². The molecule has 262 valence electrons. The number of aromatic nitrogens is 1. The predicted molar refractivity (Wildman–Crippen MR) is 239 cm³/mol. The van der Waals surface area contributed by atoms with E-state index in [2.05, 4.69) is 228 Å². The maximum absolute atomic E-state index is 2.41. The summed E-state index contributed by atoms with van der Waals surface area (Å²) in [5.74, 6) is 0. The van der Waals surface area contributed by atoms with Crippen LogP contribution < -0.4 is 4.90 Å². The third kappa shape index (κ3) is 5.26. The molecule has 0 fully saturated rings. The summed E-state index contributed by atoms with van der Waals surface area (Å²) in [6, 6.07) is 79.4. The van der Waals surface area contributed by atoms with Crippen LogP contribution in [0.15, 0.2) is 218 Å². The smallest absolute Gasteiger partial charge is 0.0542 e. The van der Waals surface area contributed by atoms with Crippen LogP contribution in [0.2, 0.25) is 0 Å². The van der Waals surface area contributed by atoms with Crippen LogP contribution in [0.4, 0.5) is 17.1 Å². The van der Waals surface area contributed by atoms with Crippen LogP contribution in [0.5, 0.6) is 0 Å². The van der Waals surface area contributed by atoms with Crippen LogP contribution in [0.1, 0.15) is 0 Å². The standard InChI is InChI=1S/C54H36N2/c1-3-13-38(14-4-1)47-19-9-11-21-52(47)55(44-30-34-54-51(36-44)50-20-10-12-22-53(50)56(54)42-16-5-2-6-17-42)43-28-23-37(24-29-43)40-26-31-46-41(35-40)27-33-48-45-18-8-7-15-39(45)25-32-49(46)48/h1-36H. The second-order valence-corrected chi connectivity index (χ2v) is 14.5. The van der Waals surface area contributed by atoms with Crippen LogP contribution in [-0.4, -0.2) is 4.57 Å². The number of benzene rings is 10. The summed E-state index contributed by atoms with van der Waals surface area (Å²) in [7, 11) is 0. The number of hydrogen-bond acceptors (Lipinski definition) is 1. The van der Waals surface area contributed by atoms with Gasteiger partial charge in [-0.15, -0.1) is 0 Å². The van der Waals surface area contributed by atoms with Gasteiger partial charge in [-0.05, 0) is 110 Å². The van der Waals surface area contributed by atoms with E-state index in [-0.39, 0.29) is 0 Å². The summed E-state index contributed by atoms with van der Waals surface area (Å²) >= 11 is 0. The van der Waals surface area contributed by atoms with Crippen LogP contribution in [0.3, 0.4) is 0 Å². The maximum Gasteiger partial charge on any atom is 0.0542 e. The zero-order valence-electron chi connectivity index (χ0n) is 30.7. The van der Waals surface area contributed by atoms with Crippen LogP contribution >= 0.6 is 0 Å². The van der Waals surface area contributed by atoms with Crippen LogP contribution in [0.25, 0.3) is 82.1 Å². The summed E-state index contributed by atoms with van der Waals surface area (Å²) in [4.78, 5) is 2.41. The molecule has 0 atom stereocenters. The molecule has 0 radical (unpaired) electrons. The molecular weight excluding hydrogens is 677 g/mol. The van der Waals surface area contributed by atoms with E-state index in [1.54, 1.807) is 0 Å². The van der Waals surface area contributed by atoms with Gasteiger partial charge in [0.1, 0.15) is 0 Å². The van der Waals surface area contributed by atoms with Crippen LogP contribution in [0, 0.1) is 0 Å². The van der Waals surface area contributed by atoms with Gasteiger partial charge in [0.25, 0.3) is 0 Å². The minimum atomic E-state index is 1.10. The minimum Gasteiger partial charge on any atom is -0.310 e. The second kappa shape index (κ2) is 13.2. The SMILES string of the molecule is c1ccc(-c2ccccc2N(c2ccc(-c3ccc4c(ccc5c6ccccc6ccc45)c3)cc2)c2ccc3c(c2)c2ccccc2n3-c2ccccc2)cc1. The first-order valence-corrected chi connectivity index (χ1v) is 19.3.